The molecule has 0 spiro atoms. The first-order valence-electron chi connectivity index (χ1n) is 21.6. The lowest BCUT2D eigenvalue weighted by Gasteiger charge is -2.35. The zero-order chi connectivity index (χ0) is 44.4. The summed E-state index contributed by atoms with van der Waals surface area (Å²) in [5.41, 5.74) is 12.1. The number of nitrogens with one attached hydrogen (secondary N) is 1. The summed E-state index contributed by atoms with van der Waals surface area (Å²) in [7, 11) is 1.93. The number of piperazine rings is 1. The highest BCUT2D eigenvalue weighted by atomic mass is 35.5. The van der Waals surface area contributed by atoms with Crippen molar-refractivity contribution >= 4 is 68.3 Å². The van der Waals surface area contributed by atoms with Crippen LogP contribution >= 0.6 is 23.2 Å². The van der Waals surface area contributed by atoms with Gasteiger partial charge in [-0.3, -0.25) is 14.5 Å². The van der Waals surface area contributed by atoms with Gasteiger partial charge in [0.25, 0.3) is 5.91 Å². The molecule has 0 bridgehead atoms. The Labute approximate surface area is 377 Å². The van der Waals surface area contributed by atoms with Crippen LogP contribution in [0, 0.1) is 34.6 Å². The van der Waals surface area contributed by atoms with Gasteiger partial charge in [-0.15, -0.1) is 0 Å². The van der Waals surface area contributed by atoms with Crippen LogP contribution in [0.15, 0.2) is 60.8 Å². The van der Waals surface area contributed by atoms with Gasteiger partial charge < -0.3 is 34.1 Å². The number of halogens is 2. The molecule has 0 aliphatic carbocycles. The maximum atomic E-state index is 15.6. The second kappa shape index (κ2) is 16.7. The van der Waals surface area contributed by atoms with Crippen LogP contribution in [0.2, 0.25) is 10.0 Å². The number of amides is 1. The summed E-state index contributed by atoms with van der Waals surface area (Å²) in [6, 6.07) is 17.4. The Kier molecular flexibility index (Phi) is 11.3. The lowest BCUT2D eigenvalue weighted by molar-refractivity contribution is 0.0686. The first kappa shape index (κ1) is 42.5. The number of carboxylic acid groups (broad SMARTS) is 1. The van der Waals surface area contributed by atoms with Crippen molar-refractivity contribution in [2.24, 2.45) is 7.05 Å². The number of aromatic carboxylic acids is 1. The number of hydrogen-bond donors (Lipinski definition) is 2. The first-order valence-corrected chi connectivity index (χ1v) is 22.3. The molecule has 14 heteroatoms. The number of fused-ring (bicyclic) bond motifs is 4. The average molecular weight is 888 g/mol. The monoisotopic (exact) mass is 886 g/mol. The van der Waals surface area contributed by atoms with Crippen molar-refractivity contribution in [2.75, 3.05) is 49.1 Å². The highest BCUT2D eigenvalue weighted by molar-refractivity contribution is 6.35. The largest absolute Gasteiger partial charge is 0.494 e. The number of pyridine rings is 1. The molecule has 2 N–H and O–H groups in total. The Morgan fingerprint density at radius 3 is 2.40 bits per heavy atom. The molecule has 3 aromatic carbocycles. The minimum atomic E-state index is -1.05. The molecular weight excluding hydrogens is 835 g/mol. The number of benzene rings is 3. The summed E-state index contributed by atoms with van der Waals surface area (Å²) in [6.45, 7) is 16.6. The topological polar surface area (TPSA) is 123 Å². The van der Waals surface area contributed by atoms with Crippen molar-refractivity contribution in [2.45, 2.75) is 67.0 Å². The van der Waals surface area contributed by atoms with E-state index in [0.29, 0.717) is 47.9 Å². The van der Waals surface area contributed by atoms with Gasteiger partial charge in [-0.05, 0) is 125 Å². The Balaban J connectivity index is 1.18. The van der Waals surface area contributed by atoms with E-state index >= 15 is 4.79 Å². The van der Waals surface area contributed by atoms with Crippen molar-refractivity contribution < 1.29 is 19.4 Å². The number of anilines is 2. The number of ether oxygens (including phenoxy) is 1. The number of carbonyl (C=O) groups excluding carboxylic acids is 1. The molecule has 1 fully saturated rings. The Hall–Kier alpha value is -5.82. The molecule has 63 heavy (non-hydrogen) atoms. The third kappa shape index (κ3) is 7.51. The normalized spacial score (nSPS) is 15.5. The van der Waals surface area contributed by atoms with Gasteiger partial charge in [-0.2, -0.15) is 5.10 Å². The van der Waals surface area contributed by atoms with Crippen LogP contribution in [-0.2, 0) is 20.0 Å². The van der Waals surface area contributed by atoms with Crippen molar-refractivity contribution in [3.8, 4) is 16.9 Å². The summed E-state index contributed by atoms with van der Waals surface area (Å²) in [4.78, 5) is 37.5. The smallest absolute Gasteiger partial charge is 0.352 e. The van der Waals surface area contributed by atoms with Gasteiger partial charge >= 0.3 is 5.97 Å². The van der Waals surface area contributed by atoms with Crippen LogP contribution in [0.25, 0.3) is 32.9 Å². The molecule has 2 aliphatic rings. The van der Waals surface area contributed by atoms with E-state index in [0.717, 1.165) is 109 Å². The van der Waals surface area contributed by atoms with Gasteiger partial charge in [-0.25, -0.2) is 4.79 Å². The number of nitrogens with zero attached hydrogens (tertiary/aromatic N) is 7. The molecular formula is C49H52Cl2N8O4. The standard InChI is InChI=1S/C49H52Cl2N8O4/c1-27-19-33-23-41(49(61)62)57(26-34-24-35(12-13-53-34)56-16-14-52-15-17-56)45(33)40(20-27)58-25-30(4)59-46-38(10-11-39(50)43(46)42-31(5)54-55(7)32(42)6)37(47(59)48(58)60)9-8-18-63-36-21-28(2)44(51)29(3)22-36/h10-13,19-24,30,52H,8-9,14-18,25-26H2,1-7H3,(H,61,62)/t30-/m1/s1. The van der Waals surface area contributed by atoms with Crippen molar-refractivity contribution in [1.29, 1.82) is 0 Å². The minimum Gasteiger partial charge on any atom is -0.494 e. The Morgan fingerprint density at radius 2 is 1.70 bits per heavy atom. The summed E-state index contributed by atoms with van der Waals surface area (Å²) in [6.07, 6.45) is 2.98. The Bertz CT molecular complexity index is 2950. The van der Waals surface area contributed by atoms with Crippen LogP contribution in [0.1, 0.15) is 79.7 Å². The van der Waals surface area contributed by atoms with Crippen LogP contribution in [0.5, 0.6) is 5.75 Å². The zero-order valence-corrected chi connectivity index (χ0v) is 38.3. The van der Waals surface area contributed by atoms with Gasteiger partial charge in [0.15, 0.2) is 0 Å². The molecule has 9 rings (SSSR count). The molecule has 1 saturated heterocycles. The van der Waals surface area contributed by atoms with Gasteiger partial charge in [0.05, 0.1) is 46.3 Å². The average Bonchev–Trinajstić information content (AvgIpc) is 3.88. The van der Waals surface area contributed by atoms with Crippen molar-refractivity contribution in [3.63, 3.8) is 0 Å². The van der Waals surface area contributed by atoms with Crippen LogP contribution in [-0.4, -0.2) is 80.2 Å². The SMILES string of the molecule is Cc1cc(N2C[C@@H](C)n3c(c(CCCOc4cc(C)c(Cl)c(C)c4)c4ccc(Cl)c(-c5c(C)nn(C)c5C)c43)C2=O)c2c(c1)cc(C(=O)O)n2Cc1cc(N2CCNCC2)ccn1. The van der Waals surface area contributed by atoms with E-state index in [1.165, 1.54) is 0 Å². The fourth-order valence-corrected chi connectivity index (χ4v) is 10.2. The third-order valence-corrected chi connectivity index (χ3v) is 13.7. The molecule has 7 aromatic rings. The second-order valence-electron chi connectivity index (χ2n) is 17.2. The van der Waals surface area contributed by atoms with Crippen molar-refractivity contribution in [3.05, 3.63) is 122 Å². The Morgan fingerprint density at radius 1 is 0.952 bits per heavy atom. The fraction of sp³-hybridized carbons (Fsp3) is 0.347. The predicted molar refractivity (Wildman–Crippen MR) is 252 cm³/mol. The number of aromatic nitrogens is 5. The van der Waals surface area contributed by atoms with Gasteiger partial charge in [0.1, 0.15) is 17.1 Å². The van der Waals surface area contributed by atoms with Gasteiger partial charge in [0.2, 0.25) is 0 Å². The molecule has 4 aromatic heterocycles. The summed E-state index contributed by atoms with van der Waals surface area (Å²) in [5.74, 6) is -0.463. The van der Waals surface area contributed by atoms with Crippen molar-refractivity contribution in [1.82, 2.24) is 29.2 Å². The molecule has 0 unspecified atom stereocenters. The van der Waals surface area contributed by atoms with E-state index in [4.69, 9.17) is 38.0 Å². The van der Waals surface area contributed by atoms with Crippen LogP contribution in [0.4, 0.5) is 11.4 Å². The molecule has 326 valence electrons. The summed E-state index contributed by atoms with van der Waals surface area (Å²) in [5, 5.41) is 21.8. The van der Waals surface area contributed by atoms with E-state index in [1.807, 2.05) is 104 Å². The lowest BCUT2D eigenvalue weighted by Crippen LogP contribution is -2.43. The van der Waals surface area contributed by atoms with Crippen LogP contribution < -0.4 is 19.9 Å². The van der Waals surface area contributed by atoms with E-state index in [-0.39, 0.29) is 24.2 Å². The molecule has 12 nitrogen and oxygen atoms in total. The summed E-state index contributed by atoms with van der Waals surface area (Å²) >= 11 is 13.7. The zero-order valence-electron chi connectivity index (χ0n) is 36.8. The number of aryl methyl sites for hydroxylation is 6. The second-order valence-corrected chi connectivity index (χ2v) is 17.9. The fourth-order valence-electron chi connectivity index (χ4n) is 9.85. The number of carbonyl (C=O) groups is 2. The minimum absolute atomic E-state index is 0.131. The highest BCUT2D eigenvalue weighted by Gasteiger charge is 2.38. The molecule has 0 saturated carbocycles. The van der Waals surface area contributed by atoms with E-state index in [1.54, 1.807) is 12.3 Å². The third-order valence-electron chi connectivity index (χ3n) is 12.8. The van der Waals surface area contributed by atoms with E-state index in [2.05, 4.69) is 21.7 Å². The molecule has 1 atom stereocenters. The predicted octanol–water partition coefficient (Wildman–Crippen LogP) is 9.63. The maximum Gasteiger partial charge on any atom is 0.352 e. The molecule has 2 aliphatic heterocycles. The first-order chi connectivity index (χ1) is 30.2. The van der Waals surface area contributed by atoms with E-state index < -0.39 is 5.97 Å². The number of rotatable bonds is 11. The van der Waals surface area contributed by atoms with Gasteiger partial charge in [0, 0.05) is 90.3 Å². The molecule has 6 heterocycles. The number of carboxylic acids is 1. The van der Waals surface area contributed by atoms with Crippen LogP contribution in [0.3, 0.4) is 0 Å². The molecule has 0 radical (unpaired) electrons. The van der Waals surface area contributed by atoms with Gasteiger partial charge in [-0.1, -0.05) is 29.3 Å². The summed E-state index contributed by atoms with van der Waals surface area (Å²) < 4.78 is 12.2. The number of hydrogen-bond acceptors (Lipinski definition) is 7. The molecule has 1 amide bonds. The quantitative estimate of drug-likeness (QED) is 0.123. The lowest BCUT2D eigenvalue weighted by atomic mass is 9.98. The van der Waals surface area contributed by atoms with E-state index in [9.17, 15) is 9.90 Å². The highest BCUT2D eigenvalue weighted by Crippen LogP contribution is 2.46. The maximum absolute atomic E-state index is 15.6.